The number of imidazole rings is 1. The van der Waals surface area contributed by atoms with Crippen molar-refractivity contribution in [3.05, 3.63) is 24.2 Å². The van der Waals surface area contributed by atoms with Gasteiger partial charge in [-0.05, 0) is 0 Å². The lowest BCUT2D eigenvalue weighted by Crippen LogP contribution is -2.44. The Labute approximate surface area is 156 Å². The molecule has 148 valence electrons. The normalized spacial score (nSPS) is 15.4. The zero-order valence-electron chi connectivity index (χ0n) is 15.1. The lowest BCUT2D eigenvalue weighted by atomic mass is 10.2. The van der Waals surface area contributed by atoms with Gasteiger partial charge in [0.05, 0.1) is 6.20 Å². The molecule has 27 heavy (non-hydrogen) atoms. The lowest BCUT2D eigenvalue weighted by Gasteiger charge is -2.26. The number of carbonyl (C=O) groups is 1. The van der Waals surface area contributed by atoms with Crippen LogP contribution in [0.4, 0.5) is 0 Å². The molecule has 11 heteroatoms. The van der Waals surface area contributed by atoms with Gasteiger partial charge in [-0.3, -0.25) is 9.36 Å². The van der Waals surface area contributed by atoms with Crippen molar-refractivity contribution in [3.8, 4) is 5.82 Å². The number of aliphatic hydroxyl groups excluding tert-OH is 2. The van der Waals surface area contributed by atoms with Crippen LogP contribution in [-0.4, -0.2) is 98.2 Å². The number of aromatic nitrogens is 5. The Bertz CT molecular complexity index is 721. The van der Waals surface area contributed by atoms with Crippen molar-refractivity contribution in [2.24, 2.45) is 5.92 Å². The number of aliphatic hydroxyl groups is 2. The van der Waals surface area contributed by atoms with Crippen molar-refractivity contribution in [2.75, 3.05) is 52.5 Å². The summed E-state index contributed by atoms with van der Waals surface area (Å²) in [7, 11) is 0. The van der Waals surface area contributed by atoms with Gasteiger partial charge in [0.25, 0.3) is 5.91 Å². The highest BCUT2D eigenvalue weighted by Gasteiger charge is 2.16. The van der Waals surface area contributed by atoms with Gasteiger partial charge >= 0.3 is 0 Å². The summed E-state index contributed by atoms with van der Waals surface area (Å²) in [6.45, 7) is 4.71. The highest BCUT2D eigenvalue weighted by molar-refractivity contribution is 5.90. The molecule has 2 aromatic rings. The van der Waals surface area contributed by atoms with E-state index in [0.717, 1.165) is 45.0 Å². The molecule has 5 N–H and O–H groups in total. The van der Waals surface area contributed by atoms with Gasteiger partial charge < -0.3 is 30.7 Å². The quantitative estimate of drug-likeness (QED) is 0.330. The van der Waals surface area contributed by atoms with E-state index in [1.165, 1.54) is 0 Å². The van der Waals surface area contributed by atoms with E-state index in [9.17, 15) is 4.79 Å². The summed E-state index contributed by atoms with van der Waals surface area (Å²) in [6.07, 6.45) is 3.90. The van der Waals surface area contributed by atoms with E-state index >= 15 is 0 Å². The molecule has 1 aliphatic rings. The van der Waals surface area contributed by atoms with E-state index < -0.39 is 11.8 Å². The summed E-state index contributed by atoms with van der Waals surface area (Å²) in [6, 6.07) is 0. The van der Waals surface area contributed by atoms with Crippen LogP contribution >= 0.6 is 0 Å². The maximum atomic E-state index is 12.2. The molecule has 0 aromatic carbocycles. The van der Waals surface area contributed by atoms with Gasteiger partial charge in [0, 0.05) is 64.8 Å². The van der Waals surface area contributed by atoms with Crippen molar-refractivity contribution in [1.82, 2.24) is 40.3 Å². The number of piperazine rings is 1. The van der Waals surface area contributed by atoms with Crippen LogP contribution in [0.5, 0.6) is 0 Å². The number of amides is 1. The first-order chi connectivity index (χ1) is 13.2. The number of hydrogen-bond donors (Lipinski definition) is 5. The van der Waals surface area contributed by atoms with Crippen LogP contribution in [0.2, 0.25) is 0 Å². The van der Waals surface area contributed by atoms with Crippen LogP contribution < -0.4 is 10.6 Å². The van der Waals surface area contributed by atoms with Crippen LogP contribution in [0.3, 0.4) is 0 Å². The molecule has 0 spiro atoms. The van der Waals surface area contributed by atoms with E-state index in [0.29, 0.717) is 5.82 Å². The lowest BCUT2D eigenvalue weighted by molar-refractivity contribution is 0.0912. The van der Waals surface area contributed by atoms with Gasteiger partial charge in [0.15, 0.2) is 5.82 Å². The molecule has 1 amide bonds. The average Bonchev–Trinajstić information content (AvgIpc) is 3.37. The third kappa shape index (κ3) is 5.10. The Balaban J connectivity index is 1.59. The second-order valence-electron chi connectivity index (χ2n) is 6.52. The number of rotatable bonds is 9. The van der Waals surface area contributed by atoms with E-state index in [4.69, 9.17) is 10.2 Å². The third-order valence-corrected chi connectivity index (χ3v) is 4.58. The number of nitrogens with one attached hydrogen (secondary N) is 3. The van der Waals surface area contributed by atoms with Crippen molar-refractivity contribution in [3.63, 3.8) is 0 Å². The molecule has 2 aromatic heterocycles. The van der Waals surface area contributed by atoms with Crippen LogP contribution in [0.1, 0.15) is 16.4 Å². The number of hydrogen-bond acceptors (Lipinski definition) is 8. The minimum absolute atomic E-state index is 0.154. The number of carbonyl (C=O) groups excluding carboxylic acids is 1. The van der Waals surface area contributed by atoms with E-state index in [1.807, 2.05) is 0 Å². The number of H-pyrrole nitrogens is 1. The minimum Gasteiger partial charge on any atom is -0.396 e. The Morgan fingerprint density at radius 2 is 2.07 bits per heavy atom. The molecule has 0 bridgehead atoms. The molecule has 0 aliphatic carbocycles. The molecule has 1 aliphatic heterocycles. The van der Waals surface area contributed by atoms with Crippen LogP contribution in [0.25, 0.3) is 5.82 Å². The third-order valence-electron chi connectivity index (χ3n) is 4.58. The average molecular weight is 378 g/mol. The van der Waals surface area contributed by atoms with E-state index in [2.05, 4.69) is 35.7 Å². The summed E-state index contributed by atoms with van der Waals surface area (Å²) in [4.78, 5) is 21.6. The molecular weight excluding hydrogens is 352 g/mol. The monoisotopic (exact) mass is 378 g/mol. The fourth-order valence-corrected chi connectivity index (χ4v) is 2.88. The maximum absolute atomic E-state index is 12.2. The van der Waals surface area contributed by atoms with Crippen LogP contribution in [0, 0.1) is 5.92 Å². The van der Waals surface area contributed by atoms with Gasteiger partial charge in [-0.25, -0.2) is 4.98 Å². The van der Waals surface area contributed by atoms with Gasteiger partial charge in [-0.1, -0.05) is 0 Å². The molecular formula is C16H26N8O3. The van der Waals surface area contributed by atoms with Crippen LogP contribution in [-0.2, 0) is 6.42 Å². The number of aromatic amines is 1. The summed E-state index contributed by atoms with van der Waals surface area (Å²) >= 11 is 0. The SMILES string of the molecule is O=C(NCC(CO)CO)c1ncc(-n2cnnc2CCN2CCNCC2)[nH]1. The molecule has 3 rings (SSSR count). The summed E-state index contributed by atoms with van der Waals surface area (Å²) in [5.74, 6) is 0.772. The Morgan fingerprint density at radius 1 is 1.30 bits per heavy atom. The minimum atomic E-state index is -0.399. The zero-order valence-corrected chi connectivity index (χ0v) is 15.1. The first kappa shape index (κ1) is 19.4. The van der Waals surface area contributed by atoms with Gasteiger partial charge in [-0.15, -0.1) is 10.2 Å². The molecule has 11 nitrogen and oxygen atoms in total. The maximum Gasteiger partial charge on any atom is 0.287 e. The van der Waals surface area contributed by atoms with Gasteiger partial charge in [0.1, 0.15) is 18.0 Å². The van der Waals surface area contributed by atoms with Crippen molar-refractivity contribution < 1.29 is 15.0 Å². The zero-order chi connectivity index (χ0) is 19.1. The first-order valence-corrected chi connectivity index (χ1v) is 9.08. The predicted octanol–water partition coefficient (Wildman–Crippen LogP) is -2.23. The second kappa shape index (κ2) is 9.55. The molecule has 3 heterocycles. The standard InChI is InChI=1S/C16H26N8O3/c25-9-12(10-26)7-19-16(27)15-18-8-14(21-15)24-11-20-22-13(24)1-4-23-5-2-17-3-6-23/h8,11-12,17,25-26H,1-7,9-10H2,(H,18,21)(H,19,27). The number of nitrogens with zero attached hydrogens (tertiary/aromatic N) is 5. The first-order valence-electron chi connectivity index (χ1n) is 9.08. The molecule has 1 fully saturated rings. The van der Waals surface area contributed by atoms with E-state index in [-0.39, 0.29) is 25.6 Å². The molecule has 0 radical (unpaired) electrons. The Morgan fingerprint density at radius 3 is 2.81 bits per heavy atom. The summed E-state index contributed by atoms with van der Waals surface area (Å²) in [5, 5.41) is 32.2. The highest BCUT2D eigenvalue weighted by atomic mass is 16.3. The summed E-state index contributed by atoms with van der Waals surface area (Å²) < 4.78 is 1.79. The van der Waals surface area contributed by atoms with Crippen molar-refractivity contribution >= 4 is 5.91 Å². The van der Waals surface area contributed by atoms with E-state index in [1.54, 1.807) is 17.1 Å². The highest BCUT2D eigenvalue weighted by Crippen LogP contribution is 2.09. The topological polar surface area (TPSA) is 144 Å². The molecule has 0 atom stereocenters. The fourth-order valence-electron chi connectivity index (χ4n) is 2.88. The Kier molecular flexibility index (Phi) is 6.87. The van der Waals surface area contributed by atoms with Crippen molar-refractivity contribution in [1.29, 1.82) is 0 Å². The largest absolute Gasteiger partial charge is 0.396 e. The van der Waals surface area contributed by atoms with Crippen molar-refractivity contribution in [2.45, 2.75) is 6.42 Å². The van der Waals surface area contributed by atoms with Gasteiger partial charge in [-0.2, -0.15) is 0 Å². The summed E-state index contributed by atoms with van der Waals surface area (Å²) in [5.41, 5.74) is 0. The molecule has 0 saturated carbocycles. The van der Waals surface area contributed by atoms with Gasteiger partial charge in [0.2, 0.25) is 0 Å². The molecule has 1 saturated heterocycles. The molecule has 0 unspecified atom stereocenters. The predicted molar refractivity (Wildman–Crippen MR) is 96.5 cm³/mol. The fraction of sp³-hybridized carbons (Fsp3) is 0.625. The smallest absolute Gasteiger partial charge is 0.287 e. The second-order valence-corrected chi connectivity index (χ2v) is 6.52. The van der Waals surface area contributed by atoms with Crippen LogP contribution in [0.15, 0.2) is 12.5 Å². The Hall–Kier alpha value is -2.34.